The number of carbonyl (C=O) groups excluding carboxylic acids is 1. The molecular formula is C24H26N4O5S. The van der Waals surface area contributed by atoms with Crippen LogP contribution < -0.4 is 14.8 Å². The molecule has 34 heavy (non-hydrogen) atoms. The van der Waals surface area contributed by atoms with Gasteiger partial charge in [0.2, 0.25) is 10.0 Å². The minimum Gasteiger partial charge on any atom is -0.492 e. The van der Waals surface area contributed by atoms with Crippen LogP contribution in [0, 0.1) is 0 Å². The highest BCUT2D eigenvalue weighted by Gasteiger charge is 2.26. The number of fused-ring (bicyclic) bond motifs is 2. The number of hydrogen-bond donors (Lipinski definition) is 3. The largest absolute Gasteiger partial charge is 0.492 e. The van der Waals surface area contributed by atoms with Gasteiger partial charge in [-0.15, -0.1) is 0 Å². The predicted octanol–water partition coefficient (Wildman–Crippen LogP) is 2.28. The Hall–Kier alpha value is -3.18. The molecule has 0 aliphatic carbocycles. The summed E-state index contributed by atoms with van der Waals surface area (Å²) in [7, 11) is -2.27. The number of aromatic nitrogens is 1. The van der Waals surface area contributed by atoms with E-state index in [0.717, 1.165) is 55.2 Å². The Balaban J connectivity index is 1.36. The summed E-state index contributed by atoms with van der Waals surface area (Å²) in [6.07, 6.45) is 1.73. The number of hydrogen-bond acceptors (Lipinski definition) is 6. The van der Waals surface area contributed by atoms with Crippen molar-refractivity contribution in [2.24, 2.45) is 0 Å². The van der Waals surface area contributed by atoms with E-state index in [-0.39, 0.29) is 10.8 Å². The fourth-order valence-corrected chi connectivity index (χ4v) is 4.92. The SMILES string of the molecule is CNS(=O)(=O)c1ccc2c(c1)C(=Cc1cc3cc(OCCN4CCOCC4)ccc3[nH]1)C(=O)N2. The second-order valence-corrected chi connectivity index (χ2v) is 10.1. The van der Waals surface area contributed by atoms with E-state index < -0.39 is 10.0 Å². The van der Waals surface area contributed by atoms with Crippen LogP contribution in [0.1, 0.15) is 11.3 Å². The standard InChI is InChI=1S/C24H26N4O5S/c1-25-34(30,31)19-3-5-23-20(15-19)21(24(29)27-23)14-17-12-16-13-18(2-4-22(16)26-17)33-11-8-28-6-9-32-10-7-28/h2-5,12-15,25-26H,6-11H2,1H3,(H,27,29). The van der Waals surface area contributed by atoms with Crippen molar-refractivity contribution in [3.63, 3.8) is 0 Å². The molecule has 3 aromatic rings. The van der Waals surface area contributed by atoms with Crippen LogP contribution in [0.2, 0.25) is 0 Å². The first-order chi connectivity index (χ1) is 16.4. The minimum absolute atomic E-state index is 0.103. The first-order valence-corrected chi connectivity index (χ1v) is 12.6. The summed E-state index contributed by atoms with van der Waals surface area (Å²) in [6, 6.07) is 12.3. The number of H-pyrrole nitrogens is 1. The summed E-state index contributed by atoms with van der Waals surface area (Å²) in [6.45, 7) is 4.84. The van der Waals surface area contributed by atoms with Gasteiger partial charge in [0.15, 0.2) is 0 Å². The lowest BCUT2D eigenvalue weighted by atomic mass is 10.1. The van der Waals surface area contributed by atoms with Crippen molar-refractivity contribution >= 4 is 44.2 Å². The van der Waals surface area contributed by atoms with Crippen LogP contribution in [0.3, 0.4) is 0 Å². The molecule has 0 spiro atoms. The van der Waals surface area contributed by atoms with Crippen LogP contribution in [0.25, 0.3) is 22.6 Å². The van der Waals surface area contributed by atoms with Crippen molar-refractivity contribution in [2.75, 3.05) is 51.8 Å². The molecule has 10 heteroatoms. The maximum atomic E-state index is 12.6. The molecule has 9 nitrogen and oxygen atoms in total. The first kappa shape index (κ1) is 22.6. The second-order valence-electron chi connectivity index (χ2n) is 8.20. The molecule has 3 heterocycles. The molecule has 0 unspecified atom stereocenters. The molecule has 0 atom stereocenters. The smallest absolute Gasteiger partial charge is 0.256 e. The highest BCUT2D eigenvalue weighted by Crippen LogP contribution is 2.35. The molecule has 1 aromatic heterocycles. The van der Waals surface area contributed by atoms with Gasteiger partial charge in [-0.2, -0.15) is 0 Å². The number of nitrogens with zero attached hydrogens (tertiary/aromatic N) is 1. The summed E-state index contributed by atoms with van der Waals surface area (Å²) in [5, 5.41) is 3.75. The highest BCUT2D eigenvalue weighted by molar-refractivity contribution is 7.89. The third kappa shape index (κ3) is 4.58. The van der Waals surface area contributed by atoms with Gasteiger partial charge in [0.05, 0.1) is 23.7 Å². The van der Waals surface area contributed by atoms with Crippen LogP contribution in [0.15, 0.2) is 47.4 Å². The molecule has 3 N–H and O–H groups in total. The van der Waals surface area contributed by atoms with Gasteiger partial charge in [-0.3, -0.25) is 9.69 Å². The Morgan fingerprint density at radius 2 is 1.97 bits per heavy atom. The summed E-state index contributed by atoms with van der Waals surface area (Å²) in [5.74, 6) is 0.504. The van der Waals surface area contributed by atoms with Gasteiger partial charge in [0.25, 0.3) is 5.91 Å². The predicted molar refractivity (Wildman–Crippen MR) is 130 cm³/mol. The molecule has 1 fully saturated rings. The second kappa shape index (κ2) is 9.22. The third-order valence-corrected chi connectivity index (χ3v) is 7.46. The average molecular weight is 483 g/mol. The Labute approximate surface area is 197 Å². The number of morpholine rings is 1. The van der Waals surface area contributed by atoms with Crippen molar-refractivity contribution < 1.29 is 22.7 Å². The Morgan fingerprint density at radius 1 is 1.15 bits per heavy atom. The lowest BCUT2D eigenvalue weighted by molar-refractivity contribution is -0.110. The molecule has 0 saturated carbocycles. The zero-order valence-corrected chi connectivity index (χ0v) is 19.6. The zero-order valence-electron chi connectivity index (χ0n) is 18.8. The van der Waals surface area contributed by atoms with Gasteiger partial charge < -0.3 is 19.8 Å². The number of ether oxygens (including phenoxy) is 2. The summed E-state index contributed by atoms with van der Waals surface area (Å²) in [5.41, 5.74) is 3.18. The minimum atomic E-state index is -3.62. The van der Waals surface area contributed by atoms with Gasteiger partial charge in [0.1, 0.15) is 12.4 Å². The summed E-state index contributed by atoms with van der Waals surface area (Å²) in [4.78, 5) is 18.3. The van der Waals surface area contributed by atoms with Crippen molar-refractivity contribution in [3.05, 3.63) is 53.7 Å². The van der Waals surface area contributed by atoms with E-state index in [0.29, 0.717) is 23.4 Å². The number of benzene rings is 2. The molecule has 178 valence electrons. The molecule has 2 aliphatic rings. The van der Waals surface area contributed by atoms with E-state index in [1.807, 2.05) is 24.3 Å². The van der Waals surface area contributed by atoms with Gasteiger partial charge in [0, 0.05) is 47.5 Å². The maximum Gasteiger partial charge on any atom is 0.256 e. The Kier molecular flexibility index (Phi) is 6.13. The highest BCUT2D eigenvalue weighted by atomic mass is 32.2. The van der Waals surface area contributed by atoms with Crippen LogP contribution in [0.4, 0.5) is 5.69 Å². The van der Waals surface area contributed by atoms with E-state index in [1.54, 1.807) is 12.1 Å². The van der Waals surface area contributed by atoms with Crippen LogP contribution >= 0.6 is 0 Å². The molecular weight excluding hydrogens is 456 g/mol. The number of rotatable bonds is 7. The molecule has 2 aromatic carbocycles. The average Bonchev–Trinajstić information content (AvgIpc) is 3.39. The van der Waals surface area contributed by atoms with Crippen molar-refractivity contribution in [2.45, 2.75) is 4.90 Å². The number of anilines is 1. The summed E-state index contributed by atoms with van der Waals surface area (Å²) >= 11 is 0. The molecule has 1 amide bonds. The van der Waals surface area contributed by atoms with Crippen LogP contribution in [-0.2, 0) is 19.6 Å². The number of sulfonamides is 1. The van der Waals surface area contributed by atoms with E-state index in [4.69, 9.17) is 9.47 Å². The van der Waals surface area contributed by atoms with Crippen molar-refractivity contribution in [1.82, 2.24) is 14.6 Å². The molecule has 0 bridgehead atoms. The lowest BCUT2D eigenvalue weighted by Crippen LogP contribution is -2.38. The summed E-state index contributed by atoms with van der Waals surface area (Å²) < 4.78 is 38.0. The van der Waals surface area contributed by atoms with Crippen molar-refractivity contribution in [3.8, 4) is 5.75 Å². The number of nitrogens with one attached hydrogen (secondary N) is 3. The monoisotopic (exact) mass is 482 g/mol. The van der Waals surface area contributed by atoms with E-state index >= 15 is 0 Å². The van der Waals surface area contributed by atoms with Crippen LogP contribution in [-0.4, -0.2) is 70.7 Å². The topological polar surface area (TPSA) is 113 Å². The molecule has 0 radical (unpaired) electrons. The Bertz CT molecular complexity index is 1370. The van der Waals surface area contributed by atoms with E-state index in [1.165, 1.54) is 19.2 Å². The molecule has 1 saturated heterocycles. The lowest BCUT2D eigenvalue weighted by Gasteiger charge is -2.26. The van der Waals surface area contributed by atoms with Gasteiger partial charge >= 0.3 is 0 Å². The molecule has 2 aliphatic heterocycles. The van der Waals surface area contributed by atoms with Gasteiger partial charge in [-0.25, -0.2) is 13.1 Å². The van der Waals surface area contributed by atoms with E-state index in [9.17, 15) is 13.2 Å². The van der Waals surface area contributed by atoms with Gasteiger partial charge in [-0.1, -0.05) is 0 Å². The zero-order chi connectivity index (χ0) is 23.7. The maximum absolute atomic E-state index is 12.6. The molecule has 5 rings (SSSR count). The van der Waals surface area contributed by atoms with Crippen LogP contribution in [0.5, 0.6) is 5.75 Å². The fraction of sp³-hybridized carbons (Fsp3) is 0.292. The quantitative estimate of drug-likeness (QED) is 0.446. The normalized spacial score (nSPS) is 17.8. The number of aromatic amines is 1. The number of carbonyl (C=O) groups is 1. The first-order valence-electron chi connectivity index (χ1n) is 11.1. The number of amides is 1. The Morgan fingerprint density at radius 3 is 2.76 bits per heavy atom. The fourth-order valence-electron chi connectivity index (χ4n) is 4.17. The van der Waals surface area contributed by atoms with E-state index in [2.05, 4.69) is 19.9 Å². The van der Waals surface area contributed by atoms with Crippen molar-refractivity contribution in [1.29, 1.82) is 0 Å². The third-order valence-electron chi connectivity index (χ3n) is 6.05. The van der Waals surface area contributed by atoms with Gasteiger partial charge in [-0.05, 0) is 55.6 Å².